The molecule has 0 aliphatic rings. The van der Waals surface area contributed by atoms with Crippen molar-refractivity contribution >= 4 is 16.7 Å². The fourth-order valence-electron chi connectivity index (χ4n) is 2.39. The average Bonchev–Trinajstić information content (AvgIpc) is 2.82. The fourth-order valence-corrected chi connectivity index (χ4v) is 2.39. The van der Waals surface area contributed by atoms with E-state index >= 15 is 0 Å². The highest BCUT2D eigenvalue weighted by Crippen LogP contribution is 2.34. The van der Waals surface area contributed by atoms with E-state index in [9.17, 15) is 0 Å². The maximum atomic E-state index is 6.05. The minimum absolute atomic E-state index is 0.441. The molecule has 0 saturated heterocycles. The molecule has 0 radical (unpaired) electrons. The van der Waals surface area contributed by atoms with Gasteiger partial charge in [-0.3, -0.25) is 0 Å². The molecule has 2 nitrogen and oxygen atoms in total. The second kappa shape index (κ2) is 4.47. The molecule has 19 heavy (non-hydrogen) atoms. The maximum Gasteiger partial charge on any atom is 0.138 e. The Morgan fingerprint density at radius 2 is 1.79 bits per heavy atom. The van der Waals surface area contributed by atoms with Crippen molar-refractivity contribution in [3.05, 3.63) is 54.1 Å². The van der Waals surface area contributed by atoms with Gasteiger partial charge in [0.2, 0.25) is 0 Å². The molecule has 0 saturated carbocycles. The molecule has 1 heterocycles. The normalized spacial score (nSPS) is 11.3. The van der Waals surface area contributed by atoms with Crippen molar-refractivity contribution in [1.29, 1.82) is 0 Å². The van der Waals surface area contributed by atoms with E-state index in [0.717, 1.165) is 28.0 Å². The number of rotatable bonds is 2. The van der Waals surface area contributed by atoms with Gasteiger partial charge in [-0.05, 0) is 29.7 Å². The first-order chi connectivity index (χ1) is 9.16. The summed E-state index contributed by atoms with van der Waals surface area (Å²) in [6.45, 7) is 4.35. The molecule has 2 N–H and O–H groups in total. The lowest BCUT2D eigenvalue weighted by Gasteiger charge is -2.05. The SMILES string of the molecule is CC(C)c1cccc2cc(-c3ccccc3N)oc12. The number of anilines is 1. The Labute approximate surface area is 112 Å². The predicted molar refractivity (Wildman–Crippen MR) is 80.2 cm³/mol. The molecule has 0 bridgehead atoms. The number of nitrogen functional groups attached to an aromatic ring is 1. The van der Waals surface area contributed by atoms with Gasteiger partial charge in [-0.1, -0.05) is 44.2 Å². The summed E-state index contributed by atoms with van der Waals surface area (Å²) in [6.07, 6.45) is 0. The van der Waals surface area contributed by atoms with Crippen LogP contribution in [0.15, 0.2) is 52.9 Å². The van der Waals surface area contributed by atoms with Crippen LogP contribution in [0.2, 0.25) is 0 Å². The van der Waals surface area contributed by atoms with E-state index in [2.05, 4.69) is 38.1 Å². The van der Waals surface area contributed by atoms with Gasteiger partial charge in [0.15, 0.2) is 0 Å². The van der Waals surface area contributed by atoms with E-state index in [4.69, 9.17) is 10.2 Å². The molecule has 0 unspecified atom stereocenters. The number of hydrogen-bond acceptors (Lipinski definition) is 2. The third-order valence-electron chi connectivity index (χ3n) is 3.42. The molecule has 0 spiro atoms. The van der Waals surface area contributed by atoms with Crippen LogP contribution in [0.25, 0.3) is 22.3 Å². The summed E-state index contributed by atoms with van der Waals surface area (Å²) in [5.74, 6) is 1.28. The van der Waals surface area contributed by atoms with Crippen molar-refractivity contribution in [2.24, 2.45) is 0 Å². The highest BCUT2D eigenvalue weighted by molar-refractivity contribution is 5.87. The molecule has 0 amide bonds. The second-order valence-electron chi connectivity index (χ2n) is 5.12. The van der Waals surface area contributed by atoms with Gasteiger partial charge in [-0.15, -0.1) is 0 Å². The zero-order chi connectivity index (χ0) is 13.4. The van der Waals surface area contributed by atoms with E-state index in [1.807, 2.05) is 24.3 Å². The maximum absolute atomic E-state index is 6.05. The number of furan rings is 1. The van der Waals surface area contributed by atoms with Gasteiger partial charge >= 0.3 is 0 Å². The van der Waals surface area contributed by atoms with Crippen molar-refractivity contribution in [1.82, 2.24) is 0 Å². The summed E-state index contributed by atoms with van der Waals surface area (Å²) in [5, 5.41) is 1.13. The molecule has 3 rings (SSSR count). The first kappa shape index (κ1) is 11.8. The van der Waals surface area contributed by atoms with Gasteiger partial charge < -0.3 is 10.2 Å². The van der Waals surface area contributed by atoms with Crippen LogP contribution in [-0.2, 0) is 0 Å². The minimum Gasteiger partial charge on any atom is -0.456 e. The Balaban J connectivity index is 2.23. The van der Waals surface area contributed by atoms with E-state index in [-0.39, 0.29) is 0 Å². The van der Waals surface area contributed by atoms with E-state index in [1.54, 1.807) is 0 Å². The molecule has 0 atom stereocenters. The molecule has 0 aliphatic carbocycles. The summed E-state index contributed by atoms with van der Waals surface area (Å²) in [7, 11) is 0. The lowest BCUT2D eigenvalue weighted by Crippen LogP contribution is -1.87. The monoisotopic (exact) mass is 251 g/mol. The van der Waals surface area contributed by atoms with Crippen LogP contribution in [0.4, 0.5) is 5.69 Å². The lowest BCUT2D eigenvalue weighted by atomic mass is 10.0. The minimum atomic E-state index is 0.441. The van der Waals surface area contributed by atoms with Crippen LogP contribution < -0.4 is 5.73 Å². The van der Waals surface area contributed by atoms with Crippen molar-refractivity contribution in [3.8, 4) is 11.3 Å². The summed E-state index contributed by atoms with van der Waals surface area (Å²) < 4.78 is 6.05. The average molecular weight is 251 g/mol. The highest BCUT2D eigenvalue weighted by Gasteiger charge is 2.12. The summed E-state index contributed by atoms with van der Waals surface area (Å²) in [6, 6.07) is 16.1. The summed E-state index contributed by atoms with van der Waals surface area (Å²) in [5.41, 5.74) is 9.91. The van der Waals surface area contributed by atoms with E-state index < -0.39 is 0 Å². The smallest absolute Gasteiger partial charge is 0.138 e. The van der Waals surface area contributed by atoms with Crippen LogP contribution in [0.3, 0.4) is 0 Å². The first-order valence-electron chi connectivity index (χ1n) is 6.54. The number of hydrogen-bond donors (Lipinski definition) is 1. The Morgan fingerprint density at radius 3 is 2.53 bits per heavy atom. The molecule has 1 aromatic heterocycles. The van der Waals surface area contributed by atoms with Gasteiger partial charge in [0.1, 0.15) is 11.3 Å². The third kappa shape index (κ3) is 1.99. The number of para-hydroxylation sites is 2. The Kier molecular flexibility index (Phi) is 2.79. The number of benzene rings is 2. The Hall–Kier alpha value is -2.22. The van der Waals surface area contributed by atoms with Crippen LogP contribution >= 0.6 is 0 Å². The van der Waals surface area contributed by atoms with Crippen molar-refractivity contribution < 1.29 is 4.42 Å². The van der Waals surface area contributed by atoms with Crippen LogP contribution in [-0.4, -0.2) is 0 Å². The van der Waals surface area contributed by atoms with Gasteiger partial charge in [-0.2, -0.15) is 0 Å². The van der Waals surface area contributed by atoms with E-state index in [0.29, 0.717) is 5.92 Å². The molecule has 96 valence electrons. The highest BCUT2D eigenvalue weighted by atomic mass is 16.3. The molecular weight excluding hydrogens is 234 g/mol. The Bertz CT molecular complexity index is 725. The van der Waals surface area contributed by atoms with Gasteiger partial charge in [0, 0.05) is 16.6 Å². The number of nitrogens with two attached hydrogens (primary N) is 1. The lowest BCUT2D eigenvalue weighted by molar-refractivity contribution is 0.622. The van der Waals surface area contributed by atoms with Crippen LogP contribution in [0.5, 0.6) is 0 Å². The summed E-state index contributed by atoms with van der Waals surface area (Å²) in [4.78, 5) is 0. The predicted octanol–water partition coefficient (Wildman–Crippen LogP) is 4.81. The quantitative estimate of drug-likeness (QED) is 0.664. The van der Waals surface area contributed by atoms with E-state index in [1.165, 1.54) is 5.56 Å². The Morgan fingerprint density at radius 1 is 1.00 bits per heavy atom. The van der Waals surface area contributed by atoms with Crippen LogP contribution in [0, 0.1) is 0 Å². The van der Waals surface area contributed by atoms with Gasteiger partial charge in [0.25, 0.3) is 0 Å². The van der Waals surface area contributed by atoms with Gasteiger partial charge in [0.05, 0.1) is 0 Å². The largest absolute Gasteiger partial charge is 0.456 e. The standard InChI is InChI=1S/C17H17NO/c1-11(2)13-8-5-6-12-10-16(19-17(12)13)14-7-3-4-9-15(14)18/h3-11H,18H2,1-2H3. The molecule has 3 aromatic rings. The molecule has 2 aromatic carbocycles. The molecule has 0 fully saturated rings. The van der Waals surface area contributed by atoms with Gasteiger partial charge in [-0.25, -0.2) is 0 Å². The third-order valence-corrected chi connectivity index (χ3v) is 3.42. The van der Waals surface area contributed by atoms with Crippen molar-refractivity contribution in [2.75, 3.05) is 5.73 Å². The van der Waals surface area contributed by atoms with Crippen LogP contribution in [0.1, 0.15) is 25.3 Å². The molecule has 2 heteroatoms. The number of fused-ring (bicyclic) bond motifs is 1. The topological polar surface area (TPSA) is 39.2 Å². The molecular formula is C17H17NO. The second-order valence-corrected chi connectivity index (χ2v) is 5.12. The van der Waals surface area contributed by atoms with Crippen molar-refractivity contribution in [3.63, 3.8) is 0 Å². The van der Waals surface area contributed by atoms with Crippen molar-refractivity contribution in [2.45, 2.75) is 19.8 Å². The summed E-state index contributed by atoms with van der Waals surface area (Å²) >= 11 is 0. The first-order valence-corrected chi connectivity index (χ1v) is 6.54. The molecule has 0 aliphatic heterocycles. The zero-order valence-corrected chi connectivity index (χ0v) is 11.2. The fraction of sp³-hybridized carbons (Fsp3) is 0.176. The zero-order valence-electron chi connectivity index (χ0n) is 11.2.